The summed E-state index contributed by atoms with van der Waals surface area (Å²) >= 11 is 0. The van der Waals surface area contributed by atoms with Crippen LogP contribution in [-0.2, 0) is 5.41 Å². The first-order valence-corrected chi connectivity index (χ1v) is 7.64. The molecule has 4 heteroatoms. The van der Waals surface area contributed by atoms with E-state index in [4.69, 9.17) is 0 Å². The zero-order valence-electron chi connectivity index (χ0n) is 12.9. The topological polar surface area (TPSA) is 25.8 Å². The summed E-state index contributed by atoms with van der Waals surface area (Å²) in [6, 6.07) is 8.45. The Labute approximate surface area is 128 Å². The second-order valence-corrected chi connectivity index (χ2v) is 7.19. The van der Waals surface area contributed by atoms with Gasteiger partial charge in [0.15, 0.2) is 0 Å². The number of nitrogens with zero attached hydrogens (tertiary/aromatic N) is 2. The number of hydrogen-bond acceptors (Lipinski definition) is 2. The van der Waals surface area contributed by atoms with Gasteiger partial charge >= 0.3 is 0 Å². The molecule has 2 aliphatic rings. The van der Waals surface area contributed by atoms with Crippen LogP contribution in [-0.4, -0.2) is 16.4 Å². The lowest BCUT2D eigenvalue weighted by Crippen LogP contribution is -2.39. The van der Waals surface area contributed by atoms with Crippen LogP contribution in [0.2, 0.25) is 0 Å². The van der Waals surface area contributed by atoms with Gasteiger partial charge in [-0.2, -0.15) is 10.2 Å². The zero-order chi connectivity index (χ0) is 15.7. The Bertz CT molecular complexity index is 771. The summed E-state index contributed by atoms with van der Waals surface area (Å²) < 4.78 is 28.5. The van der Waals surface area contributed by atoms with Crippen molar-refractivity contribution in [1.29, 1.82) is 0 Å². The molecule has 3 atom stereocenters. The van der Waals surface area contributed by atoms with Crippen molar-refractivity contribution in [1.82, 2.24) is 10.2 Å². The number of benzene rings is 1. The number of alkyl halides is 1. The van der Waals surface area contributed by atoms with E-state index in [1.165, 1.54) is 6.07 Å². The Morgan fingerprint density at radius 1 is 1.14 bits per heavy atom. The summed E-state index contributed by atoms with van der Waals surface area (Å²) in [6.45, 7) is 6.14. The molecule has 0 N–H and O–H groups in total. The van der Waals surface area contributed by atoms with Crippen molar-refractivity contribution >= 4 is 0 Å². The third-order valence-corrected chi connectivity index (χ3v) is 6.12. The molecule has 1 aromatic carbocycles. The summed E-state index contributed by atoms with van der Waals surface area (Å²) in [6.07, 6.45) is -0.382. The average molecular weight is 300 g/mol. The highest BCUT2D eigenvalue weighted by Gasteiger charge is 2.66. The molecule has 0 radical (unpaired) electrons. The molecular formula is C18H18F2N2. The van der Waals surface area contributed by atoms with Gasteiger partial charge in [0.05, 0.1) is 11.4 Å². The zero-order valence-corrected chi connectivity index (χ0v) is 12.9. The van der Waals surface area contributed by atoms with E-state index >= 15 is 0 Å². The molecule has 1 aromatic heterocycles. The molecule has 0 saturated heterocycles. The van der Waals surface area contributed by atoms with E-state index in [0.29, 0.717) is 17.7 Å². The number of halogens is 2. The highest BCUT2D eigenvalue weighted by molar-refractivity contribution is 5.62. The molecule has 0 amide bonds. The first kappa shape index (κ1) is 13.8. The molecule has 4 rings (SSSR count). The monoisotopic (exact) mass is 300 g/mol. The fraction of sp³-hybridized carbons (Fsp3) is 0.444. The highest BCUT2D eigenvalue weighted by Crippen LogP contribution is 2.67. The average Bonchev–Trinajstić information content (AvgIpc) is 2.77. The van der Waals surface area contributed by atoms with E-state index < -0.39 is 11.6 Å². The maximum atomic E-state index is 14.5. The first-order chi connectivity index (χ1) is 10.4. The van der Waals surface area contributed by atoms with Gasteiger partial charge in [0.2, 0.25) is 0 Å². The maximum Gasteiger partial charge on any atom is 0.132 e. The predicted molar refractivity (Wildman–Crippen MR) is 80.8 cm³/mol. The third-order valence-electron chi connectivity index (χ3n) is 6.12. The van der Waals surface area contributed by atoms with Crippen molar-refractivity contribution < 1.29 is 8.78 Å². The Balaban J connectivity index is 1.90. The molecule has 2 aliphatic carbocycles. The molecule has 1 saturated carbocycles. The summed E-state index contributed by atoms with van der Waals surface area (Å²) in [5, 5.41) is 8.51. The minimum absolute atomic E-state index is 0.114. The fourth-order valence-corrected chi connectivity index (χ4v) is 4.35. The van der Waals surface area contributed by atoms with Crippen LogP contribution in [0.3, 0.4) is 0 Å². The molecule has 22 heavy (non-hydrogen) atoms. The molecule has 0 spiro atoms. The molecule has 0 unspecified atom stereocenters. The van der Waals surface area contributed by atoms with Gasteiger partial charge in [-0.3, -0.25) is 0 Å². The molecule has 2 bridgehead atoms. The van der Waals surface area contributed by atoms with Crippen LogP contribution in [0.25, 0.3) is 11.3 Å². The van der Waals surface area contributed by atoms with Gasteiger partial charge in [-0.25, -0.2) is 8.78 Å². The second-order valence-electron chi connectivity index (χ2n) is 7.19. The standard InChI is InChI=1S/C18H18F2N2/c1-17(2)12-9-15(20)18(17,3)16-11(12)8-14(21-22-16)10-6-4-5-7-13(10)19/h4-8,12,15H,9H2,1-3H3/t12-,15+,18+/m0/s1. The van der Waals surface area contributed by atoms with Crippen molar-refractivity contribution in [2.45, 2.75) is 44.7 Å². The summed E-state index contributed by atoms with van der Waals surface area (Å²) in [5.74, 6) is -0.197. The van der Waals surface area contributed by atoms with Gasteiger partial charge in [0.25, 0.3) is 0 Å². The molecule has 1 fully saturated rings. The minimum atomic E-state index is -0.895. The van der Waals surface area contributed by atoms with Crippen molar-refractivity contribution in [2.24, 2.45) is 5.41 Å². The lowest BCUT2D eigenvalue weighted by atomic mass is 9.69. The van der Waals surface area contributed by atoms with Crippen LogP contribution in [0.15, 0.2) is 30.3 Å². The van der Waals surface area contributed by atoms with Crippen LogP contribution in [0.1, 0.15) is 44.4 Å². The van der Waals surface area contributed by atoms with Crippen molar-refractivity contribution in [2.75, 3.05) is 0 Å². The summed E-state index contributed by atoms with van der Waals surface area (Å²) in [5.41, 5.74) is 1.96. The largest absolute Gasteiger partial charge is 0.246 e. The van der Waals surface area contributed by atoms with Crippen molar-refractivity contribution in [3.63, 3.8) is 0 Å². The van der Waals surface area contributed by atoms with Crippen molar-refractivity contribution in [3.05, 3.63) is 47.4 Å². The number of aromatic nitrogens is 2. The van der Waals surface area contributed by atoms with E-state index in [-0.39, 0.29) is 17.2 Å². The predicted octanol–water partition coefficient (Wildman–Crippen LogP) is 4.41. The highest BCUT2D eigenvalue weighted by atomic mass is 19.1. The van der Waals surface area contributed by atoms with Crippen LogP contribution in [0.4, 0.5) is 8.78 Å². The van der Waals surface area contributed by atoms with Gasteiger partial charge in [-0.05, 0) is 41.5 Å². The SMILES string of the molecule is CC1(C)[C@H]2C[C@@H](F)[C@]1(C)c1nnc(-c3ccccc3F)cc12. The van der Waals surface area contributed by atoms with Crippen LogP contribution >= 0.6 is 0 Å². The van der Waals surface area contributed by atoms with Crippen LogP contribution < -0.4 is 0 Å². The normalized spacial score (nSPS) is 31.3. The maximum absolute atomic E-state index is 14.5. The number of rotatable bonds is 1. The quantitative estimate of drug-likeness (QED) is 0.780. The first-order valence-electron chi connectivity index (χ1n) is 7.64. The van der Waals surface area contributed by atoms with E-state index in [9.17, 15) is 8.78 Å². The lowest BCUT2D eigenvalue weighted by Gasteiger charge is -2.35. The van der Waals surface area contributed by atoms with Gasteiger partial charge in [-0.15, -0.1) is 0 Å². The smallest absolute Gasteiger partial charge is 0.132 e. The van der Waals surface area contributed by atoms with E-state index in [1.807, 2.05) is 13.0 Å². The molecular weight excluding hydrogens is 282 g/mol. The summed E-state index contributed by atoms with van der Waals surface area (Å²) in [4.78, 5) is 0. The van der Waals surface area contributed by atoms with Crippen LogP contribution in [0, 0.1) is 11.2 Å². The van der Waals surface area contributed by atoms with E-state index in [2.05, 4.69) is 24.0 Å². The minimum Gasteiger partial charge on any atom is -0.246 e. The fourth-order valence-electron chi connectivity index (χ4n) is 4.35. The summed E-state index contributed by atoms with van der Waals surface area (Å²) in [7, 11) is 0. The third kappa shape index (κ3) is 1.43. The van der Waals surface area contributed by atoms with Gasteiger partial charge in [-0.1, -0.05) is 32.9 Å². The second kappa shape index (κ2) is 4.12. The van der Waals surface area contributed by atoms with E-state index in [1.54, 1.807) is 18.2 Å². The molecule has 1 heterocycles. The Morgan fingerprint density at radius 2 is 1.86 bits per heavy atom. The Hall–Kier alpha value is -1.84. The number of fused-ring (bicyclic) bond motifs is 5. The Morgan fingerprint density at radius 3 is 2.59 bits per heavy atom. The van der Waals surface area contributed by atoms with Gasteiger partial charge < -0.3 is 0 Å². The Kier molecular flexibility index (Phi) is 2.58. The molecule has 2 aromatic rings. The molecule has 2 nitrogen and oxygen atoms in total. The van der Waals surface area contributed by atoms with Crippen LogP contribution in [0.5, 0.6) is 0 Å². The lowest BCUT2D eigenvalue weighted by molar-refractivity contribution is 0.146. The molecule has 0 aliphatic heterocycles. The van der Waals surface area contributed by atoms with Gasteiger partial charge in [0, 0.05) is 11.0 Å². The van der Waals surface area contributed by atoms with E-state index in [0.717, 1.165) is 11.3 Å². The number of hydrogen-bond donors (Lipinski definition) is 0. The van der Waals surface area contributed by atoms with Gasteiger partial charge in [0.1, 0.15) is 12.0 Å². The van der Waals surface area contributed by atoms with Crippen molar-refractivity contribution in [3.8, 4) is 11.3 Å². The molecule has 114 valence electrons.